The summed E-state index contributed by atoms with van der Waals surface area (Å²) in [5, 5.41) is 0. The number of hydrogen-bond donors (Lipinski definition) is 0. The average Bonchev–Trinajstić information content (AvgIpc) is 2.87. The second-order valence-corrected chi connectivity index (χ2v) is 11.2. The molecule has 0 radical (unpaired) electrons. The predicted molar refractivity (Wildman–Crippen MR) is 133 cm³/mol. The van der Waals surface area contributed by atoms with Crippen LogP contribution in [0.1, 0.15) is 50.7 Å². The Kier molecular flexibility index (Phi) is 7.94. The zero-order valence-corrected chi connectivity index (χ0v) is 21.1. The van der Waals surface area contributed by atoms with Gasteiger partial charge < -0.3 is 9.64 Å². The fourth-order valence-corrected chi connectivity index (χ4v) is 6.73. The summed E-state index contributed by atoms with van der Waals surface area (Å²) in [5.74, 6) is 0.743. The number of piperidine rings is 1. The molecule has 1 fully saturated rings. The summed E-state index contributed by atoms with van der Waals surface area (Å²) in [6.45, 7) is 6.05. The third kappa shape index (κ3) is 5.31. The maximum absolute atomic E-state index is 13.6. The van der Waals surface area contributed by atoms with Crippen molar-refractivity contribution in [3.05, 3.63) is 59.7 Å². The van der Waals surface area contributed by atoms with Crippen LogP contribution >= 0.6 is 0 Å². The number of rotatable bonds is 8. The van der Waals surface area contributed by atoms with Crippen LogP contribution in [-0.4, -0.2) is 55.8 Å². The lowest BCUT2D eigenvalue weighted by molar-refractivity contribution is -0.139. The first kappa shape index (κ1) is 24.7. The van der Waals surface area contributed by atoms with Gasteiger partial charge in [-0.1, -0.05) is 31.2 Å². The molecule has 184 valence electrons. The molecule has 0 aromatic heterocycles. The van der Waals surface area contributed by atoms with E-state index in [1.165, 1.54) is 15.4 Å². The van der Waals surface area contributed by atoms with Crippen LogP contribution in [0.4, 0.5) is 0 Å². The SMILES string of the molecule is CCCN(C(=O)C1CCN(S(=O)(=O)c2ccc(OCC)cc2)CC1)C1CCc2ccccc2C1. The van der Waals surface area contributed by atoms with E-state index in [4.69, 9.17) is 4.74 Å². The zero-order valence-electron chi connectivity index (χ0n) is 20.3. The third-order valence-electron chi connectivity index (χ3n) is 7.08. The molecule has 34 heavy (non-hydrogen) atoms. The summed E-state index contributed by atoms with van der Waals surface area (Å²) in [5.41, 5.74) is 2.75. The molecule has 2 aromatic rings. The van der Waals surface area contributed by atoms with Crippen molar-refractivity contribution >= 4 is 15.9 Å². The van der Waals surface area contributed by atoms with E-state index in [-0.39, 0.29) is 22.8 Å². The lowest BCUT2D eigenvalue weighted by Gasteiger charge is -2.39. The number of carbonyl (C=O) groups excluding carboxylic acids is 1. The Balaban J connectivity index is 1.39. The first-order chi connectivity index (χ1) is 16.4. The van der Waals surface area contributed by atoms with E-state index in [9.17, 15) is 13.2 Å². The van der Waals surface area contributed by atoms with Crippen molar-refractivity contribution in [3.63, 3.8) is 0 Å². The van der Waals surface area contributed by atoms with E-state index < -0.39 is 10.0 Å². The number of amides is 1. The molecule has 1 unspecified atom stereocenters. The number of carbonyl (C=O) groups is 1. The van der Waals surface area contributed by atoms with Gasteiger partial charge in [-0.3, -0.25) is 4.79 Å². The van der Waals surface area contributed by atoms with Gasteiger partial charge in [0.2, 0.25) is 15.9 Å². The molecule has 0 bridgehead atoms. The van der Waals surface area contributed by atoms with Gasteiger partial charge in [0.1, 0.15) is 5.75 Å². The topological polar surface area (TPSA) is 66.9 Å². The van der Waals surface area contributed by atoms with E-state index >= 15 is 0 Å². The molecule has 1 heterocycles. The molecule has 0 spiro atoms. The maximum Gasteiger partial charge on any atom is 0.243 e. The monoisotopic (exact) mass is 484 g/mol. The molecule has 6 nitrogen and oxygen atoms in total. The number of benzene rings is 2. The van der Waals surface area contributed by atoms with Gasteiger partial charge in [-0.25, -0.2) is 8.42 Å². The van der Waals surface area contributed by atoms with E-state index in [0.29, 0.717) is 38.3 Å². The van der Waals surface area contributed by atoms with Crippen molar-refractivity contribution in [2.24, 2.45) is 5.92 Å². The molecular formula is C27H36N2O4S. The molecule has 7 heteroatoms. The number of hydrogen-bond acceptors (Lipinski definition) is 4. The second-order valence-electron chi connectivity index (χ2n) is 9.28. The highest BCUT2D eigenvalue weighted by molar-refractivity contribution is 7.89. The Morgan fingerprint density at radius 2 is 1.68 bits per heavy atom. The van der Waals surface area contributed by atoms with Crippen LogP contribution in [0.25, 0.3) is 0 Å². The molecule has 0 N–H and O–H groups in total. The van der Waals surface area contributed by atoms with Crippen LogP contribution in [0.3, 0.4) is 0 Å². The highest BCUT2D eigenvalue weighted by Gasteiger charge is 2.36. The van der Waals surface area contributed by atoms with Crippen molar-refractivity contribution in [2.75, 3.05) is 26.2 Å². The summed E-state index contributed by atoms with van der Waals surface area (Å²) in [7, 11) is -3.57. The lowest BCUT2D eigenvalue weighted by Crippen LogP contribution is -2.49. The van der Waals surface area contributed by atoms with Gasteiger partial charge in [-0.2, -0.15) is 4.31 Å². The fourth-order valence-electron chi connectivity index (χ4n) is 5.26. The highest BCUT2D eigenvalue weighted by atomic mass is 32.2. The third-order valence-corrected chi connectivity index (χ3v) is 9.00. The van der Waals surface area contributed by atoms with Crippen LogP contribution in [-0.2, 0) is 27.7 Å². The average molecular weight is 485 g/mol. The van der Waals surface area contributed by atoms with Crippen LogP contribution in [0, 0.1) is 5.92 Å². The normalized spacial score (nSPS) is 19.4. The molecule has 1 aliphatic heterocycles. The van der Waals surface area contributed by atoms with Crippen LogP contribution in [0.5, 0.6) is 5.75 Å². The van der Waals surface area contributed by atoms with E-state index in [1.54, 1.807) is 24.3 Å². The number of sulfonamides is 1. The Bertz CT molecular complexity index is 1080. The molecule has 1 atom stereocenters. The highest BCUT2D eigenvalue weighted by Crippen LogP contribution is 2.30. The number of ether oxygens (including phenoxy) is 1. The molecule has 0 saturated carbocycles. The van der Waals surface area contributed by atoms with Crippen LogP contribution < -0.4 is 4.74 Å². The van der Waals surface area contributed by atoms with Crippen LogP contribution in [0.2, 0.25) is 0 Å². The smallest absolute Gasteiger partial charge is 0.243 e. The Labute approximate surface area is 204 Å². The number of fused-ring (bicyclic) bond motifs is 1. The summed E-state index contributed by atoms with van der Waals surface area (Å²) in [6, 6.07) is 15.3. The zero-order chi connectivity index (χ0) is 24.1. The minimum atomic E-state index is -3.57. The van der Waals surface area contributed by atoms with E-state index in [2.05, 4.69) is 36.1 Å². The molecule has 1 saturated heterocycles. The molecule has 2 aliphatic rings. The predicted octanol–water partition coefficient (Wildman–Crippen LogP) is 4.28. The van der Waals surface area contributed by atoms with Crippen molar-refractivity contribution in [1.82, 2.24) is 9.21 Å². The molecular weight excluding hydrogens is 448 g/mol. The summed E-state index contributed by atoms with van der Waals surface area (Å²) in [6.07, 6.45) is 4.97. The fraction of sp³-hybridized carbons (Fsp3) is 0.519. The molecule has 2 aromatic carbocycles. The Morgan fingerprint density at radius 3 is 2.32 bits per heavy atom. The Hall–Kier alpha value is -2.38. The minimum Gasteiger partial charge on any atom is -0.494 e. The first-order valence-electron chi connectivity index (χ1n) is 12.5. The van der Waals surface area contributed by atoms with Crippen molar-refractivity contribution in [3.8, 4) is 5.75 Å². The van der Waals surface area contributed by atoms with Gasteiger partial charge in [0.15, 0.2) is 0 Å². The maximum atomic E-state index is 13.6. The van der Waals surface area contributed by atoms with Gasteiger partial charge in [0.05, 0.1) is 11.5 Å². The summed E-state index contributed by atoms with van der Waals surface area (Å²) < 4.78 is 33.2. The van der Waals surface area contributed by atoms with Gasteiger partial charge in [-0.05, 0) is 80.8 Å². The molecule has 1 amide bonds. The van der Waals surface area contributed by atoms with Crippen molar-refractivity contribution < 1.29 is 17.9 Å². The lowest BCUT2D eigenvalue weighted by atomic mass is 9.86. The van der Waals surface area contributed by atoms with Crippen molar-refractivity contribution in [1.29, 1.82) is 0 Å². The first-order valence-corrected chi connectivity index (χ1v) is 14.0. The summed E-state index contributed by atoms with van der Waals surface area (Å²) in [4.78, 5) is 15.9. The van der Waals surface area contributed by atoms with Crippen LogP contribution in [0.15, 0.2) is 53.4 Å². The second kappa shape index (κ2) is 10.9. The van der Waals surface area contributed by atoms with Crippen molar-refractivity contribution in [2.45, 2.75) is 63.3 Å². The quantitative estimate of drug-likeness (QED) is 0.561. The molecule has 1 aliphatic carbocycles. The van der Waals surface area contributed by atoms with Gasteiger partial charge in [-0.15, -0.1) is 0 Å². The minimum absolute atomic E-state index is 0.115. The number of nitrogens with zero attached hydrogens (tertiary/aromatic N) is 2. The van der Waals surface area contributed by atoms with E-state index in [0.717, 1.165) is 32.2 Å². The standard InChI is InChI=1S/C27H36N2O4S/c1-3-17-29(24-10-9-21-7-5-6-8-23(21)20-24)27(30)22-15-18-28(19-16-22)34(31,32)26-13-11-25(12-14-26)33-4-2/h5-8,11-14,22,24H,3-4,9-10,15-20H2,1-2H3. The summed E-state index contributed by atoms with van der Waals surface area (Å²) >= 11 is 0. The number of aryl methyl sites for hydroxylation is 1. The van der Waals surface area contributed by atoms with Gasteiger partial charge in [0.25, 0.3) is 0 Å². The van der Waals surface area contributed by atoms with E-state index in [1.807, 2.05) is 6.92 Å². The molecule has 4 rings (SSSR count). The largest absolute Gasteiger partial charge is 0.494 e. The van der Waals surface area contributed by atoms with Gasteiger partial charge >= 0.3 is 0 Å². The van der Waals surface area contributed by atoms with Gasteiger partial charge in [0, 0.05) is 31.6 Å². The Morgan fingerprint density at radius 1 is 1.00 bits per heavy atom.